The van der Waals surface area contributed by atoms with Gasteiger partial charge in [-0.1, -0.05) is 30.3 Å². The fourth-order valence-corrected chi connectivity index (χ4v) is 3.88. The van der Waals surface area contributed by atoms with Crippen LogP contribution < -0.4 is 10.6 Å². The van der Waals surface area contributed by atoms with Crippen LogP contribution in [-0.4, -0.2) is 42.1 Å². The number of ether oxygens (including phenoxy) is 1. The first kappa shape index (κ1) is 19.3. The van der Waals surface area contributed by atoms with E-state index in [0.717, 1.165) is 33.9 Å². The van der Waals surface area contributed by atoms with Crippen LogP contribution in [0.2, 0.25) is 0 Å². The fourth-order valence-electron chi connectivity index (χ4n) is 3.88. The quantitative estimate of drug-likeness (QED) is 0.677. The van der Waals surface area contributed by atoms with Crippen LogP contribution in [0.1, 0.15) is 21.5 Å². The summed E-state index contributed by atoms with van der Waals surface area (Å²) in [6, 6.07) is 19.9. The molecule has 1 amide bonds. The number of fused-ring (bicyclic) bond motifs is 1. The van der Waals surface area contributed by atoms with Gasteiger partial charge in [0.25, 0.3) is 5.91 Å². The number of nitrogens with zero attached hydrogens (tertiary/aromatic N) is 2. The van der Waals surface area contributed by atoms with Crippen molar-refractivity contribution < 1.29 is 9.53 Å². The highest BCUT2D eigenvalue weighted by atomic mass is 16.5. The minimum atomic E-state index is 0.0470. The first-order valence-corrected chi connectivity index (χ1v) is 10.5. The molecule has 0 atom stereocenters. The summed E-state index contributed by atoms with van der Waals surface area (Å²) in [6.45, 7) is 3.19. The lowest BCUT2D eigenvalue weighted by atomic mass is 10.0. The van der Waals surface area contributed by atoms with Gasteiger partial charge in [-0.25, -0.2) is 4.98 Å². The van der Waals surface area contributed by atoms with E-state index >= 15 is 0 Å². The number of hydrogen-bond donors (Lipinski definition) is 2. The Morgan fingerprint density at radius 2 is 1.81 bits per heavy atom. The lowest BCUT2D eigenvalue weighted by Crippen LogP contribution is -2.40. The maximum Gasteiger partial charge on any atom is 0.254 e. The molecule has 1 aromatic heterocycles. The Labute approximate surface area is 181 Å². The Morgan fingerprint density at radius 1 is 1.03 bits per heavy atom. The molecule has 6 nitrogen and oxygen atoms in total. The Hall–Kier alpha value is -3.64. The Kier molecular flexibility index (Phi) is 5.37. The highest BCUT2D eigenvalue weighted by Gasteiger charge is 2.19. The molecule has 0 aliphatic carbocycles. The minimum absolute atomic E-state index is 0.0470. The van der Waals surface area contributed by atoms with E-state index in [0.29, 0.717) is 38.4 Å². The molecule has 0 bridgehead atoms. The summed E-state index contributed by atoms with van der Waals surface area (Å²) in [5.74, 6) is 0.867. The SMILES string of the molecule is O=C(c1ccc(Nc2nc(-c3ccccc3)cc3c2CNC=C3)cc1)N1CCOCC1. The fraction of sp³-hybridized carbons (Fsp3) is 0.200. The predicted molar refractivity (Wildman–Crippen MR) is 122 cm³/mol. The van der Waals surface area contributed by atoms with Crippen molar-refractivity contribution >= 4 is 23.5 Å². The molecule has 1 saturated heterocycles. The van der Waals surface area contributed by atoms with Gasteiger partial charge < -0.3 is 20.3 Å². The van der Waals surface area contributed by atoms with Gasteiger partial charge in [-0.15, -0.1) is 0 Å². The van der Waals surface area contributed by atoms with E-state index in [-0.39, 0.29) is 5.91 Å². The number of hydrogen-bond acceptors (Lipinski definition) is 5. The molecule has 2 N–H and O–H groups in total. The van der Waals surface area contributed by atoms with Crippen LogP contribution in [-0.2, 0) is 11.3 Å². The molecule has 2 aliphatic rings. The van der Waals surface area contributed by atoms with Crippen molar-refractivity contribution in [2.45, 2.75) is 6.54 Å². The molecule has 3 heterocycles. The molecular formula is C25H24N4O2. The number of aromatic nitrogens is 1. The number of morpholine rings is 1. The van der Waals surface area contributed by atoms with E-state index < -0.39 is 0 Å². The van der Waals surface area contributed by atoms with E-state index in [1.54, 1.807) is 0 Å². The van der Waals surface area contributed by atoms with Crippen LogP contribution in [0.5, 0.6) is 0 Å². The van der Waals surface area contributed by atoms with Gasteiger partial charge in [0.05, 0.1) is 18.9 Å². The van der Waals surface area contributed by atoms with Crippen molar-refractivity contribution in [2.24, 2.45) is 0 Å². The van der Waals surface area contributed by atoms with E-state index in [9.17, 15) is 4.79 Å². The highest BCUT2D eigenvalue weighted by molar-refractivity contribution is 5.94. The Morgan fingerprint density at radius 3 is 2.58 bits per heavy atom. The number of benzene rings is 2. The molecule has 1 fully saturated rings. The summed E-state index contributed by atoms with van der Waals surface area (Å²) in [7, 11) is 0. The summed E-state index contributed by atoms with van der Waals surface area (Å²) in [6.07, 6.45) is 4.04. The summed E-state index contributed by atoms with van der Waals surface area (Å²) in [4.78, 5) is 19.4. The second-order valence-electron chi connectivity index (χ2n) is 7.61. The van der Waals surface area contributed by atoms with Gasteiger partial charge in [-0.2, -0.15) is 0 Å². The molecular weight excluding hydrogens is 388 g/mol. The Bertz CT molecular complexity index is 1100. The number of nitrogens with one attached hydrogen (secondary N) is 2. The number of carbonyl (C=O) groups excluding carboxylic acids is 1. The maximum atomic E-state index is 12.7. The third-order valence-electron chi connectivity index (χ3n) is 5.58. The largest absolute Gasteiger partial charge is 0.387 e. The minimum Gasteiger partial charge on any atom is -0.387 e. The van der Waals surface area contributed by atoms with Crippen LogP contribution in [0, 0.1) is 0 Å². The van der Waals surface area contributed by atoms with Gasteiger partial charge in [0.2, 0.25) is 0 Å². The van der Waals surface area contributed by atoms with Crippen molar-refractivity contribution in [3.8, 4) is 11.3 Å². The van der Waals surface area contributed by atoms with Crippen LogP contribution in [0.25, 0.3) is 17.3 Å². The average Bonchev–Trinajstić information content (AvgIpc) is 2.85. The molecule has 0 saturated carbocycles. The first-order chi connectivity index (χ1) is 15.3. The molecule has 31 heavy (non-hydrogen) atoms. The van der Waals surface area contributed by atoms with E-state index in [1.165, 1.54) is 0 Å². The topological polar surface area (TPSA) is 66.5 Å². The van der Waals surface area contributed by atoms with Gasteiger partial charge in [0.1, 0.15) is 5.82 Å². The number of anilines is 2. The molecule has 3 aromatic rings. The maximum absolute atomic E-state index is 12.7. The van der Waals surface area contributed by atoms with Gasteiger partial charge in [0, 0.05) is 42.0 Å². The second kappa shape index (κ2) is 8.62. The lowest BCUT2D eigenvalue weighted by Gasteiger charge is -2.27. The molecule has 156 valence electrons. The second-order valence-corrected chi connectivity index (χ2v) is 7.61. The van der Waals surface area contributed by atoms with Crippen molar-refractivity contribution in [1.29, 1.82) is 0 Å². The smallest absolute Gasteiger partial charge is 0.254 e. The molecule has 2 aromatic carbocycles. The van der Waals surface area contributed by atoms with Crippen molar-refractivity contribution in [1.82, 2.24) is 15.2 Å². The molecule has 6 heteroatoms. The third-order valence-corrected chi connectivity index (χ3v) is 5.58. The normalized spacial score (nSPS) is 15.2. The molecule has 2 aliphatic heterocycles. The average molecular weight is 412 g/mol. The predicted octanol–water partition coefficient (Wildman–Crippen LogP) is 4.04. The molecule has 0 radical (unpaired) electrons. The van der Waals surface area contributed by atoms with E-state index in [4.69, 9.17) is 9.72 Å². The molecule has 5 rings (SSSR count). The van der Waals surface area contributed by atoms with Crippen molar-refractivity contribution in [3.63, 3.8) is 0 Å². The van der Waals surface area contributed by atoms with Gasteiger partial charge in [0.15, 0.2) is 0 Å². The van der Waals surface area contributed by atoms with Gasteiger partial charge in [-0.3, -0.25) is 4.79 Å². The number of carbonyl (C=O) groups is 1. The molecule has 0 spiro atoms. The van der Waals surface area contributed by atoms with Crippen molar-refractivity contribution in [3.05, 3.63) is 83.6 Å². The monoisotopic (exact) mass is 412 g/mol. The number of rotatable bonds is 4. The van der Waals surface area contributed by atoms with Crippen LogP contribution in [0.15, 0.2) is 66.9 Å². The lowest BCUT2D eigenvalue weighted by molar-refractivity contribution is 0.0303. The van der Waals surface area contributed by atoms with Gasteiger partial charge in [-0.05, 0) is 48.2 Å². The van der Waals surface area contributed by atoms with Gasteiger partial charge >= 0.3 is 0 Å². The summed E-state index contributed by atoms with van der Waals surface area (Å²) in [5.41, 5.74) is 5.85. The highest BCUT2D eigenvalue weighted by Crippen LogP contribution is 2.30. The molecule has 0 unspecified atom stereocenters. The zero-order valence-electron chi connectivity index (χ0n) is 17.2. The first-order valence-electron chi connectivity index (χ1n) is 10.5. The summed E-state index contributed by atoms with van der Waals surface area (Å²) in [5, 5.41) is 6.72. The van der Waals surface area contributed by atoms with Crippen molar-refractivity contribution in [2.75, 3.05) is 31.6 Å². The number of pyridine rings is 1. The van der Waals surface area contributed by atoms with E-state index in [1.807, 2.05) is 53.6 Å². The summed E-state index contributed by atoms with van der Waals surface area (Å²) < 4.78 is 5.34. The van der Waals surface area contributed by atoms with E-state index in [2.05, 4.69) is 34.9 Å². The summed E-state index contributed by atoms with van der Waals surface area (Å²) >= 11 is 0. The van der Waals surface area contributed by atoms with Crippen LogP contribution in [0.3, 0.4) is 0 Å². The van der Waals surface area contributed by atoms with Crippen LogP contribution >= 0.6 is 0 Å². The zero-order valence-corrected chi connectivity index (χ0v) is 17.2. The standard InChI is InChI=1S/C25H24N4O2/c30-25(29-12-14-31-15-13-29)19-6-8-21(9-7-19)27-24-22-17-26-11-10-20(22)16-23(28-24)18-4-2-1-3-5-18/h1-11,16,26H,12-15,17H2,(H,27,28). The third kappa shape index (κ3) is 4.15. The Balaban J connectivity index is 1.41. The number of amides is 1. The zero-order chi connectivity index (χ0) is 21.0. The van der Waals surface area contributed by atoms with Crippen LogP contribution in [0.4, 0.5) is 11.5 Å².